The van der Waals surface area contributed by atoms with Gasteiger partial charge in [-0.3, -0.25) is 4.79 Å². The lowest BCUT2D eigenvalue weighted by Crippen LogP contribution is -2.40. The number of hydrogen-bond donors (Lipinski definition) is 2. The Morgan fingerprint density at radius 3 is 2.87 bits per heavy atom. The zero-order chi connectivity index (χ0) is 15.9. The Balaban J connectivity index is 0.00000264. The number of piperidine rings is 1. The van der Waals surface area contributed by atoms with Gasteiger partial charge < -0.3 is 15.4 Å². The molecular weight excluding hydrogens is 312 g/mol. The first-order valence-electron chi connectivity index (χ1n) is 8.38. The molecule has 1 aliphatic heterocycles. The zero-order valence-electron chi connectivity index (χ0n) is 14.4. The van der Waals surface area contributed by atoms with E-state index in [0.29, 0.717) is 6.04 Å². The number of hydrogen-bond acceptors (Lipinski definition) is 3. The van der Waals surface area contributed by atoms with Crippen LogP contribution in [0, 0.1) is 12.8 Å². The molecule has 4 nitrogen and oxygen atoms in total. The maximum absolute atomic E-state index is 12.4. The molecule has 1 aromatic rings. The summed E-state index contributed by atoms with van der Waals surface area (Å²) in [5.41, 5.74) is 1.93. The quantitative estimate of drug-likeness (QED) is 0.772. The van der Waals surface area contributed by atoms with Crippen LogP contribution in [0.5, 0.6) is 5.75 Å². The van der Waals surface area contributed by atoms with Gasteiger partial charge in [-0.15, -0.1) is 12.4 Å². The number of carbonyl (C=O) groups excluding carboxylic acids is 1. The molecule has 130 valence electrons. The monoisotopic (exact) mass is 340 g/mol. The van der Waals surface area contributed by atoms with Gasteiger partial charge in [-0.1, -0.05) is 13.3 Å². The van der Waals surface area contributed by atoms with E-state index in [4.69, 9.17) is 4.74 Å². The summed E-state index contributed by atoms with van der Waals surface area (Å²) in [7, 11) is 0. The number of nitrogens with one attached hydrogen (secondary N) is 2. The molecule has 0 saturated carbocycles. The van der Waals surface area contributed by atoms with E-state index >= 15 is 0 Å². The summed E-state index contributed by atoms with van der Waals surface area (Å²) in [4.78, 5) is 12.4. The van der Waals surface area contributed by atoms with Crippen molar-refractivity contribution < 1.29 is 9.53 Å². The van der Waals surface area contributed by atoms with Crippen molar-refractivity contribution in [1.82, 2.24) is 5.32 Å². The molecule has 1 saturated heterocycles. The smallest absolute Gasteiger partial charge is 0.227 e. The molecule has 2 rings (SSSR count). The number of unbranched alkanes of at least 4 members (excludes halogenated alkanes) is 1. The van der Waals surface area contributed by atoms with Gasteiger partial charge in [-0.25, -0.2) is 0 Å². The second kappa shape index (κ2) is 9.78. The zero-order valence-corrected chi connectivity index (χ0v) is 15.2. The Hall–Kier alpha value is -1.26. The Morgan fingerprint density at radius 1 is 1.43 bits per heavy atom. The Labute approximate surface area is 145 Å². The third-order valence-electron chi connectivity index (χ3n) is 4.22. The summed E-state index contributed by atoms with van der Waals surface area (Å²) in [6.07, 6.45) is 4.00. The van der Waals surface area contributed by atoms with Gasteiger partial charge in [-0.2, -0.15) is 0 Å². The van der Waals surface area contributed by atoms with E-state index in [1.165, 1.54) is 0 Å². The maximum Gasteiger partial charge on any atom is 0.227 e. The van der Waals surface area contributed by atoms with E-state index in [1.807, 2.05) is 25.1 Å². The predicted molar refractivity (Wildman–Crippen MR) is 97.6 cm³/mol. The minimum absolute atomic E-state index is 0. The van der Waals surface area contributed by atoms with Gasteiger partial charge in [0.05, 0.1) is 6.61 Å². The molecule has 1 heterocycles. The summed E-state index contributed by atoms with van der Waals surface area (Å²) < 4.78 is 5.70. The molecule has 2 atom stereocenters. The lowest BCUT2D eigenvalue weighted by Gasteiger charge is -2.27. The highest BCUT2D eigenvalue weighted by molar-refractivity contribution is 5.93. The first-order chi connectivity index (χ1) is 10.6. The van der Waals surface area contributed by atoms with Crippen molar-refractivity contribution in [1.29, 1.82) is 0 Å². The van der Waals surface area contributed by atoms with Crippen molar-refractivity contribution in [3.63, 3.8) is 0 Å². The number of ether oxygens (including phenoxy) is 1. The average molecular weight is 341 g/mol. The van der Waals surface area contributed by atoms with Crippen LogP contribution in [0.3, 0.4) is 0 Å². The van der Waals surface area contributed by atoms with Gasteiger partial charge in [0.25, 0.3) is 0 Å². The first kappa shape index (κ1) is 19.8. The van der Waals surface area contributed by atoms with Crippen LogP contribution in [0.25, 0.3) is 0 Å². The molecule has 0 bridgehead atoms. The SMILES string of the molecule is CCCCOc1ccc(NC(=O)[C@H]2CCN[C@@H](C)C2)c(C)c1.Cl. The van der Waals surface area contributed by atoms with Crippen LogP contribution in [0.1, 0.15) is 45.1 Å². The highest BCUT2D eigenvalue weighted by Gasteiger charge is 2.24. The Kier molecular flexibility index (Phi) is 8.42. The van der Waals surface area contributed by atoms with Crippen molar-refractivity contribution >= 4 is 24.0 Å². The molecule has 0 aromatic heterocycles. The molecule has 0 radical (unpaired) electrons. The topological polar surface area (TPSA) is 50.4 Å². The van der Waals surface area contributed by atoms with Crippen LogP contribution in [0.4, 0.5) is 5.69 Å². The summed E-state index contributed by atoms with van der Waals surface area (Å²) in [6, 6.07) is 6.29. The lowest BCUT2D eigenvalue weighted by atomic mass is 9.92. The number of benzene rings is 1. The molecule has 0 spiro atoms. The number of rotatable bonds is 6. The minimum Gasteiger partial charge on any atom is -0.494 e. The van der Waals surface area contributed by atoms with Crippen molar-refractivity contribution in [2.75, 3.05) is 18.5 Å². The van der Waals surface area contributed by atoms with Crippen molar-refractivity contribution in [2.45, 2.75) is 52.5 Å². The highest BCUT2D eigenvalue weighted by Crippen LogP contribution is 2.24. The standard InChI is InChI=1S/C18H28N2O2.ClH/c1-4-5-10-22-16-6-7-17(13(2)11-16)20-18(21)15-8-9-19-14(3)12-15;/h6-7,11,14-15,19H,4-5,8-10,12H2,1-3H3,(H,20,21);1H/t14-,15-;/m0./s1. The fourth-order valence-corrected chi connectivity index (χ4v) is 2.81. The van der Waals surface area contributed by atoms with Crippen LogP contribution in [0.15, 0.2) is 18.2 Å². The van der Waals surface area contributed by atoms with E-state index in [-0.39, 0.29) is 24.2 Å². The molecular formula is C18H29ClN2O2. The second-order valence-corrected chi connectivity index (χ2v) is 6.24. The molecule has 1 fully saturated rings. The minimum atomic E-state index is 0. The Bertz CT molecular complexity index is 508. The largest absolute Gasteiger partial charge is 0.494 e. The number of aryl methyl sites for hydroxylation is 1. The lowest BCUT2D eigenvalue weighted by molar-refractivity contribution is -0.120. The van der Waals surface area contributed by atoms with Gasteiger partial charge >= 0.3 is 0 Å². The van der Waals surface area contributed by atoms with E-state index < -0.39 is 0 Å². The molecule has 1 amide bonds. The van der Waals surface area contributed by atoms with Gasteiger partial charge in [0.2, 0.25) is 5.91 Å². The second-order valence-electron chi connectivity index (χ2n) is 6.24. The molecule has 1 aromatic carbocycles. The fourth-order valence-electron chi connectivity index (χ4n) is 2.81. The highest BCUT2D eigenvalue weighted by atomic mass is 35.5. The summed E-state index contributed by atoms with van der Waals surface area (Å²) >= 11 is 0. The molecule has 5 heteroatoms. The first-order valence-corrected chi connectivity index (χ1v) is 8.38. The molecule has 1 aliphatic rings. The third-order valence-corrected chi connectivity index (χ3v) is 4.22. The fraction of sp³-hybridized carbons (Fsp3) is 0.611. The van der Waals surface area contributed by atoms with Crippen LogP contribution < -0.4 is 15.4 Å². The van der Waals surface area contributed by atoms with Crippen LogP contribution in [-0.4, -0.2) is 25.1 Å². The Morgan fingerprint density at radius 2 is 2.22 bits per heavy atom. The van der Waals surface area contributed by atoms with Gasteiger partial charge in [0.15, 0.2) is 0 Å². The number of halogens is 1. The molecule has 2 N–H and O–H groups in total. The summed E-state index contributed by atoms with van der Waals surface area (Å²) in [5, 5.41) is 6.45. The number of carbonyl (C=O) groups is 1. The summed E-state index contributed by atoms with van der Waals surface area (Å²) in [5.74, 6) is 1.12. The van der Waals surface area contributed by atoms with Gasteiger partial charge in [0, 0.05) is 17.6 Å². The summed E-state index contributed by atoms with van der Waals surface area (Å²) in [6.45, 7) is 7.95. The van der Waals surface area contributed by atoms with E-state index in [0.717, 1.165) is 55.8 Å². The number of amides is 1. The van der Waals surface area contributed by atoms with Crippen LogP contribution >= 0.6 is 12.4 Å². The van der Waals surface area contributed by atoms with Crippen molar-refractivity contribution in [3.05, 3.63) is 23.8 Å². The molecule has 23 heavy (non-hydrogen) atoms. The molecule has 0 unspecified atom stereocenters. The van der Waals surface area contributed by atoms with Gasteiger partial charge in [-0.05, 0) is 63.4 Å². The van der Waals surface area contributed by atoms with Gasteiger partial charge in [0.1, 0.15) is 5.75 Å². The third kappa shape index (κ3) is 6.04. The maximum atomic E-state index is 12.4. The predicted octanol–water partition coefficient (Wildman–Crippen LogP) is 3.92. The average Bonchev–Trinajstić information content (AvgIpc) is 2.50. The van der Waals surface area contributed by atoms with Crippen LogP contribution in [0.2, 0.25) is 0 Å². The van der Waals surface area contributed by atoms with Crippen LogP contribution in [-0.2, 0) is 4.79 Å². The van der Waals surface area contributed by atoms with E-state index in [1.54, 1.807) is 0 Å². The van der Waals surface area contributed by atoms with Crippen molar-refractivity contribution in [2.24, 2.45) is 5.92 Å². The molecule has 0 aliphatic carbocycles. The van der Waals surface area contributed by atoms with Crippen molar-refractivity contribution in [3.8, 4) is 5.75 Å². The normalized spacial score (nSPS) is 20.5. The van der Waals surface area contributed by atoms with E-state index in [9.17, 15) is 4.79 Å². The number of anilines is 1. The van der Waals surface area contributed by atoms with E-state index in [2.05, 4.69) is 24.5 Å².